The summed E-state index contributed by atoms with van der Waals surface area (Å²) in [6, 6.07) is 5.30. The molecule has 6 heteroatoms. The van der Waals surface area contributed by atoms with Gasteiger partial charge in [0.05, 0.1) is 5.41 Å². The van der Waals surface area contributed by atoms with Gasteiger partial charge >= 0.3 is 0 Å². The Morgan fingerprint density at radius 2 is 1.88 bits per heavy atom. The molecule has 1 aromatic heterocycles. The Bertz CT molecular complexity index is 753. The smallest absolute Gasteiger partial charge is 0.250 e. The molecule has 4 rings (SSSR count). The molecule has 0 aromatic carbocycles. The highest BCUT2D eigenvalue weighted by Crippen LogP contribution is 2.42. The minimum absolute atomic E-state index is 0.0519. The first-order chi connectivity index (χ1) is 12.6. The molecule has 0 bridgehead atoms. The fourth-order valence-corrected chi connectivity index (χ4v) is 4.97. The zero-order valence-corrected chi connectivity index (χ0v) is 15.2. The molecule has 6 nitrogen and oxygen atoms in total. The highest BCUT2D eigenvalue weighted by molar-refractivity contribution is 5.86. The summed E-state index contributed by atoms with van der Waals surface area (Å²) < 4.78 is 1.43. The largest absolute Gasteiger partial charge is 0.340 e. The van der Waals surface area contributed by atoms with Crippen LogP contribution in [0.3, 0.4) is 0 Å². The number of amides is 2. The van der Waals surface area contributed by atoms with Gasteiger partial charge in [0.2, 0.25) is 11.8 Å². The molecule has 2 saturated heterocycles. The minimum Gasteiger partial charge on any atom is -0.340 e. The summed E-state index contributed by atoms with van der Waals surface area (Å²) in [6.45, 7) is 2.05. The van der Waals surface area contributed by atoms with Crippen LogP contribution in [0.5, 0.6) is 0 Å². The van der Waals surface area contributed by atoms with E-state index in [4.69, 9.17) is 0 Å². The Labute approximate surface area is 153 Å². The zero-order chi connectivity index (χ0) is 18.1. The van der Waals surface area contributed by atoms with Crippen LogP contribution in [0, 0.1) is 5.41 Å². The lowest BCUT2D eigenvalue weighted by Gasteiger charge is -2.42. The van der Waals surface area contributed by atoms with E-state index in [1.54, 1.807) is 23.2 Å². The van der Waals surface area contributed by atoms with Crippen molar-refractivity contribution in [2.75, 3.05) is 19.6 Å². The summed E-state index contributed by atoms with van der Waals surface area (Å²) in [5, 5.41) is 0. The molecule has 3 fully saturated rings. The van der Waals surface area contributed by atoms with Crippen molar-refractivity contribution in [2.45, 2.75) is 57.5 Å². The van der Waals surface area contributed by atoms with Crippen LogP contribution in [0.1, 0.15) is 44.9 Å². The van der Waals surface area contributed by atoms with E-state index in [1.807, 2.05) is 0 Å². The van der Waals surface area contributed by atoms with E-state index >= 15 is 0 Å². The fourth-order valence-electron chi connectivity index (χ4n) is 4.97. The lowest BCUT2D eigenvalue weighted by Crippen LogP contribution is -2.53. The summed E-state index contributed by atoms with van der Waals surface area (Å²) in [7, 11) is 0. The number of carbonyl (C=O) groups excluding carboxylic acids is 2. The Hall–Kier alpha value is -2.11. The van der Waals surface area contributed by atoms with Crippen molar-refractivity contribution < 1.29 is 9.59 Å². The summed E-state index contributed by atoms with van der Waals surface area (Å²) in [4.78, 5) is 41.7. The number of nitrogens with zero attached hydrogens (tertiary/aromatic N) is 3. The number of likely N-dealkylation sites (tertiary alicyclic amines) is 2. The molecule has 0 radical (unpaired) electrons. The SMILES string of the molecule is O=C(Cn1ccccc1=O)N1CCC2(CCCN(C3CCCC3)C2=O)C1. The van der Waals surface area contributed by atoms with Gasteiger partial charge in [-0.25, -0.2) is 0 Å². The van der Waals surface area contributed by atoms with E-state index < -0.39 is 5.41 Å². The Morgan fingerprint density at radius 1 is 1.08 bits per heavy atom. The Morgan fingerprint density at radius 3 is 2.65 bits per heavy atom. The molecule has 1 aromatic rings. The van der Waals surface area contributed by atoms with Gasteiger partial charge in [-0.1, -0.05) is 18.9 Å². The molecule has 1 spiro atoms. The van der Waals surface area contributed by atoms with Crippen molar-refractivity contribution in [3.05, 3.63) is 34.7 Å². The predicted octanol–water partition coefficient (Wildman–Crippen LogP) is 1.63. The van der Waals surface area contributed by atoms with Crippen molar-refractivity contribution >= 4 is 11.8 Å². The number of piperidine rings is 1. The van der Waals surface area contributed by atoms with E-state index in [-0.39, 0.29) is 23.9 Å². The lowest BCUT2D eigenvalue weighted by molar-refractivity contribution is -0.148. The topological polar surface area (TPSA) is 62.6 Å². The second kappa shape index (κ2) is 6.89. The van der Waals surface area contributed by atoms with Crippen molar-refractivity contribution in [1.29, 1.82) is 0 Å². The molecule has 1 aliphatic carbocycles. The van der Waals surface area contributed by atoms with Crippen LogP contribution in [0.15, 0.2) is 29.2 Å². The number of pyridine rings is 1. The first-order valence-electron chi connectivity index (χ1n) is 9.83. The van der Waals surface area contributed by atoms with Crippen LogP contribution < -0.4 is 5.56 Å². The summed E-state index contributed by atoms with van der Waals surface area (Å²) in [5.74, 6) is 0.198. The monoisotopic (exact) mass is 357 g/mol. The molecule has 1 saturated carbocycles. The molecule has 140 valence electrons. The number of rotatable bonds is 3. The third kappa shape index (κ3) is 3.06. The van der Waals surface area contributed by atoms with Crippen LogP contribution in [0.25, 0.3) is 0 Å². The van der Waals surface area contributed by atoms with E-state index in [0.717, 1.165) is 38.6 Å². The van der Waals surface area contributed by atoms with Gasteiger partial charge in [-0.05, 0) is 38.2 Å². The van der Waals surface area contributed by atoms with Gasteiger partial charge in [-0.15, -0.1) is 0 Å². The zero-order valence-electron chi connectivity index (χ0n) is 15.2. The maximum absolute atomic E-state index is 13.2. The number of carbonyl (C=O) groups is 2. The fraction of sp³-hybridized carbons (Fsp3) is 0.650. The van der Waals surface area contributed by atoms with Gasteiger partial charge < -0.3 is 14.4 Å². The molecule has 1 unspecified atom stereocenters. The average Bonchev–Trinajstić information content (AvgIpc) is 3.30. The Balaban J connectivity index is 1.45. The maximum Gasteiger partial charge on any atom is 0.250 e. The normalized spacial score (nSPS) is 26.8. The summed E-state index contributed by atoms with van der Waals surface area (Å²) >= 11 is 0. The van der Waals surface area contributed by atoms with Crippen molar-refractivity contribution in [2.24, 2.45) is 5.41 Å². The number of hydrogen-bond donors (Lipinski definition) is 0. The third-order valence-corrected chi connectivity index (χ3v) is 6.45. The first-order valence-corrected chi connectivity index (χ1v) is 9.83. The Kier molecular flexibility index (Phi) is 4.59. The maximum atomic E-state index is 13.2. The number of aromatic nitrogens is 1. The molecule has 3 heterocycles. The van der Waals surface area contributed by atoms with Gasteiger partial charge in [0.15, 0.2) is 0 Å². The predicted molar refractivity (Wildman–Crippen MR) is 97.5 cm³/mol. The highest BCUT2D eigenvalue weighted by atomic mass is 16.2. The molecular weight excluding hydrogens is 330 g/mol. The second-order valence-corrected chi connectivity index (χ2v) is 8.05. The van der Waals surface area contributed by atoms with Gasteiger partial charge in [-0.3, -0.25) is 14.4 Å². The highest BCUT2D eigenvalue weighted by Gasteiger charge is 2.50. The van der Waals surface area contributed by atoms with Gasteiger partial charge in [0.25, 0.3) is 5.56 Å². The molecule has 0 N–H and O–H groups in total. The molecular formula is C20H27N3O3. The van der Waals surface area contributed by atoms with Crippen molar-refractivity contribution in [3.8, 4) is 0 Å². The van der Waals surface area contributed by atoms with Crippen LogP contribution in [0.4, 0.5) is 0 Å². The minimum atomic E-state index is -0.391. The van der Waals surface area contributed by atoms with Crippen molar-refractivity contribution in [3.63, 3.8) is 0 Å². The third-order valence-electron chi connectivity index (χ3n) is 6.45. The van der Waals surface area contributed by atoms with E-state index in [2.05, 4.69) is 4.90 Å². The van der Waals surface area contributed by atoms with Crippen LogP contribution in [0.2, 0.25) is 0 Å². The lowest BCUT2D eigenvalue weighted by atomic mass is 9.77. The van der Waals surface area contributed by atoms with Crippen LogP contribution in [-0.2, 0) is 16.1 Å². The van der Waals surface area contributed by atoms with E-state index in [1.165, 1.54) is 23.5 Å². The molecule has 2 aliphatic heterocycles. The van der Waals surface area contributed by atoms with E-state index in [0.29, 0.717) is 19.1 Å². The first kappa shape index (κ1) is 17.3. The van der Waals surface area contributed by atoms with Gasteiger partial charge in [0.1, 0.15) is 6.54 Å². The molecule has 26 heavy (non-hydrogen) atoms. The van der Waals surface area contributed by atoms with E-state index in [9.17, 15) is 14.4 Å². The second-order valence-electron chi connectivity index (χ2n) is 8.05. The van der Waals surface area contributed by atoms with Gasteiger partial charge in [0, 0.05) is 37.9 Å². The quantitative estimate of drug-likeness (QED) is 0.826. The standard InChI is InChI=1S/C20H27N3O3/c24-17-8-3-4-11-21(17)14-18(25)22-13-10-20(15-22)9-5-12-23(19(20)26)16-6-1-2-7-16/h3-4,8,11,16H,1-2,5-7,9-10,12-15H2. The summed E-state index contributed by atoms with van der Waals surface area (Å²) in [6.07, 6.45) is 9.00. The molecule has 1 atom stereocenters. The molecule has 2 amide bonds. The van der Waals surface area contributed by atoms with Crippen LogP contribution >= 0.6 is 0 Å². The average molecular weight is 357 g/mol. The number of hydrogen-bond acceptors (Lipinski definition) is 3. The van der Waals surface area contributed by atoms with Crippen LogP contribution in [-0.4, -0.2) is 51.9 Å². The van der Waals surface area contributed by atoms with Gasteiger partial charge in [-0.2, -0.15) is 0 Å². The van der Waals surface area contributed by atoms with Crippen molar-refractivity contribution in [1.82, 2.24) is 14.4 Å². The molecule has 3 aliphatic rings. The summed E-state index contributed by atoms with van der Waals surface area (Å²) in [5.41, 5.74) is -0.561.